The van der Waals surface area contributed by atoms with Crippen LogP contribution < -0.4 is 0 Å². The second-order valence-corrected chi connectivity index (χ2v) is 7.25. The monoisotopic (exact) mass is 301 g/mol. The maximum absolute atomic E-state index is 12.0. The first-order valence-electron chi connectivity index (χ1n) is 5.93. The van der Waals surface area contributed by atoms with E-state index in [0.29, 0.717) is 17.2 Å². The maximum atomic E-state index is 12.0. The lowest BCUT2D eigenvalue weighted by atomic mass is 10.5. The van der Waals surface area contributed by atoms with E-state index in [2.05, 4.69) is 20.5 Å². The Balaban J connectivity index is 2.05. The van der Waals surface area contributed by atoms with Gasteiger partial charge < -0.3 is 0 Å². The molecule has 0 saturated heterocycles. The summed E-state index contributed by atoms with van der Waals surface area (Å²) < 4.78 is 25.7. The van der Waals surface area contributed by atoms with Crippen molar-refractivity contribution in [1.29, 1.82) is 0 Å². The van der Waals surface area contributed by atoms with E-state index >= 15 is 0 Å². The van der Waals surface area contributed by atoms with E-state index in [1.807, 2.05) is 13.8 Å². The number of sulfone groups is 1. The summed E-state index contributed by atoms with van der Waals surface area (Å²) >= 11 is 1.34. The minimum absolute atomic E-state index is 0.0936. The molecule has 0 aromatic carbocycles. The third kappa shape index (κ3) is 3.80. The molecular weight excluding hydrogens is 286 g/mol. The number of aromatic nitrogens is 5. The first-order valence-corrected chi connectivity index (χ1v) is 8.57. The highest BCUT2D eigenvalue weighted by Crippen LogP contribution is 2.15. The van der Waals surface area contributed by atoms with E-state index in [-0.39, 0.29) is 11.5 Å². The number of nitrogens with zero attached hydrogens (tertiary/aromatic N) is 5. The van der Waals surface area contributed by atoms with Crippen LogP contribution in [-0.2, 0) is 34.3 Å². The van der Waals surface area contributed by atoms with Gasteiger partial charge in [0.2, 0.25) is 0 Å². The molecule has 2 aromatic heterocycles. The summed E-state index contributed by atoms with van der Waals surface area (Å²) in [5.41, 5.74) is 0.460. The van der Waals surface area contributed by atoms with Crippen LogP contribution in [0.15, 0.2) is 6.20 Å². The minimum atomic E-state index is -3.29. The smallest absolute Gasteiger partial charge is 0.162 e. The van der Waals surface area contributed by atoms with Gasteiger partial charge in [-0.2, -0.15) is 0 Å². The summed E-state index contributed by atoms with van der Waals surface area (Å²) in [7, 11) is -3.29. The standard InChI is InChI=1S/C10H15N5O2S2/c1-3-9-12-13-10(18-9)7-19(16,17)6-8-5-15(4-2)14-11-8/h5H,3-4,6-7H2,1-2H3. The number of hydrogen-bond donors (Lipinski definition) is 0. The lowest BCUT2D eigenvalue weighted by Gasteiger charge is -1.98. The topological polar surface area (TPSA) is 90.6 Å². The Morgan fingerprint density at radius 3 is 2.47 bits per heavy atom. The molecule has 2 aromatic rings. The quantitative estimate of drug-likeness (QED) is 0.785. The van der Waals surface area contributed by atoms with Gasteiger partial charge in [0.05, 0.1) is 11.4 Å². The molecule has 0 unspecified atom stereocenters. The molecule has 0 amide bonds. The lowest BCUT2D eigenvalue weighted by molar-refractivity contribution is 0.593. The Hall–Kier alpha value is -1.35. The average Bonchev–Trinajstić information content (AvgIpc) is 2.97. The lowest BCUT2D eigenvalue weighted by Crippen LogP contribution is -2.08. The molecule has 0 atom stereocenters. The van der Waals surface area contributed by atoms with E-state index in [4.69, 9.17) is 0 Å². The number of hydrogen-bond acceptors (Lipinski definition) is 7. The second-order valence-electron chi connectivity index (χ2n) is 4.04. The summed E-state index contributed by atoms with van der Waals surface area (Å²) in [5, 5.41) is 16.8. The van der Waals surface area contributed by atoms with Gasteiger partial charge in [-0.1, -0.05) is 12.1 Å². The fourth-order valence-electron chi connectivity index (χ4n) is 1.51. The highest BCUT2D eigenvalue weighted by Gasteiger charge is 2.18. The van der Waals surface area contributed by atoms with Gasteiger partial charge in [0.1, 0.15) is 15.8 Å². The van der Waals surface area contributed by atoms with Gasteiger partial charge in [-0.05, 0) is 13.3 Å². The van der Waals surface area contributed by atoms with Crippen LogP contribution in [-0.4, -0.2) is 33.6 Å². The van der Waals surface area contributed by atoms with Crippen LogP contribution >= 0.6 is 11.3 Å². The molecule has 0 radical (unpaired) electrons. The van der Waals surface area contributed by atoms with Gasteiger partial charge in [-0.3, -0.25) is 4.68 Å². The second kappa shape index (κ2) is 5.74. The normalized spacial score (nSPS) is 11.9. The van der Waals surface area contributed by atoms with Gasteiger partial charge >= 0.3 is 0 Å². The van der Waals surface area contributed by atoms with Gasteiger partial charge in [-0.25, -0.2) is 8.42 Å². The van der Waals surface area contributed by atoms with Crippen LogP contribution in [0.4, 0.5) is 0 Å². The molecule has 104 valence electrons. The highest BCUT2D eigenvalue weighted by atomic mass is 32.2. The van der Waals surface area contributed by atoms with E-state index < -0.39 is 9.84 Å². The van der Waals surface area contributed by atoms with Gasteiger partial charge in [0.25, 0.3) is 0 Å². The zero-order valence-electron chi connectivity index (χ0n) is 10.8. The van der Waals surface area contributed by atoms with Crippen molar-refractivity contribution in [2.75, 3.05) is 0 Å². The molecule has 0 saturated carbocycles. The van der Waals surface area contributed by atoms with Crippen LogP contribution in [0.3, 0.4) is 0 Å². The number of aryl methyl sites for hydroxylation is 2. The van der Waals surface area contributed by atoms with Crippen molar-refractivity contribution in [3.63, 3.8) is 0 Å². The van der Waals surface area contributed by atoms with Gasteiger partial charge in [0.15, 0.2) is 9.84 Å². The van der Waals surface area contributed by atoms with Crippen molar-refractivity contribution in [3.05, 3.63) is 21.9 Å². The first-order chi connectivity index (χ1) is 9.02. The summed E-state index contributed by atoms with van der Waals surface area (Å²) in [5.74, 6) is -0.211. The van der Waals surface area contributed by atoms with Crippen molar-refractivity contribution < 1.29 is 8.42 Å². The van der Waals surface area contributed by atoms with Gasteiger partial charge in [0, 0.05) is 12.7 Å². The van der Waals surface area contributed by atoms with E-state index in [1.54, 1.807) is 10.9 Å². The summed E-state index contributed by atoms with van der Waals surface area (Å²) in [6, 6.07) is 0. The molecule has 7 nitrogen and oxygen atoms in total. The van der Waals surface area contributed by atoms with Crippen LogP contribution in [0.25, 0.3) is 0 Å². The Morgan fingerprint density at radius 2 is 1.89 bits per heavy atom. The molecule has 0 fully saturated rings. The average molecular weight is 301 g/mol. The van der Waals surface area contributed by atoms with E-state index in [0.717, 1.165) is 11.4 Å². The van der Waals surface area contributed by atoms with E-state index in [1.165, 1.54) is 11.3 Å². The first kappa shape index (κ1) is 14.1. The summed E-state index contributed by atoms with van der Waals surface area (Å²) in [6.45, 7) is 4.55. The fourth-order valence-corrected chi connectivity index (χ4v) is 3.99. The van der Waals surface area contributed by atoms with Crippen LogP contribution in [0, 0.1) is 0 Å². The minimum Gasteiger partial charge on any atom is -0.253 e. The third-order valence-electron chi connectivity index (χ3n) is 2.43. The molecule has 9 heteroatoms. The molecule has 0 aliphatic rings. The van der Waals surface area contributed by atoms with Crippen LogP contribution in [0.1, 0.15) is 29.6 Å². The largest absolute Gasteiger partial charge is 0.253 e. The molecular formula is C10H15N5O2S2. The Labute approximate surface area is 115 Å². The molecule has 0 aliphatic carbocycles. The predicted molar refractivity (Wildman–Crippen MR) is 71.3 cm³/mol. The van der Waals surface area contributed by atoms with Crippen molar-refractivity contribution in [2.45, 2.75) is 38.3 Å². The Bertz CT molecular complexity index is 596. The molecule has 0 bridgehead atoms. The zero-order chi connectivity index (χ0) is 13.9. The SMILES string of the molecule is CCc1nnc(CS(=O)(=O)Cc2cn(CC)nn2)s1. The summed E-state index contributed by atoms with van der Waals surface area (Å²) in [6.07, 6.45) is 2.41. The van der Waals surface area contributed by atoms with Crippen LogP contribution in [0.2, 0.25) is 0 Å². The van der Waals surface area contributed by atoms with Crippen LogP contribution in [0.5, 0.6) is 0 Å². The van der Waals surface area contributed by atoms with E-state index in [9.17, 15) is 8.42 Å². The van der Waals surface area contributed by atoms with Crippen molar-refractivity contribution in [2.24, 2.45) is 0 Å². The molecule has 2 heterocycles. The maximum Gasteiger partial charge on any atom is 0.162 e. The fraction of sp³-hybridized carbons (Fsp3) is 0.600. The van der Waals surface area contributed by atoms with Crippen molar-refractivity contribution >= 4 is 21.2 Å². The number of rotatable bonds is 6. The molecule has 0 N–H and O–H groups in total. The molecule has 0 spiro atoms. The van der Waals surface area contributed by atoms with Crippen molar-refractivity contribution in [3.8, 4) is 0 Å². The molecule has 2 rings (SSSR count). The molecule has 0 aliphatic heterocycles. The molecule has 19 heavy (non-hydrogen) atoms. The third-order valence-corrected chi connectivity index (χ3v) is 5.13. The zero-order valence-corrected chi connectivity index (χ0v) is 12.4. The predicted octanol–water partition coefficient (Wildman–Crippen LogP) is 0.827. The Kier molecular flexibility index (Phi) is 4.25. The van der Waals surface area contributed by atoms with Gasteiger partial charge in [-0.15, -0.1) is 26.6 Å². The van der Waals surface area contributed by atoms with Crippen molar-refractivity contribution in [1.82, 2.24) is 25.2 Å². The summed E-state index contributed by atoms with van der Waals surface area (Å²) in [4.78, 5) is 0. The Morgan fingerprint density at radius 1 is 1.16 bits per heavy atom. The highest BCUT2D eigenvalue weighted by molar-refractivity contribution is 7.89.